The van der Waals surface area contributed by atoms with Gasteiger partial charge in [-0.25, -0.2) is 0 Å². The number of rotatable bonds is 19. The number of imide groups is 1. The Labute approximate surface area is 317 Å². The van der Waals surface area contributed by atoms with Crippen molar-refractivity contribution in [3.05, 3.63) is 35.9 Å². The highest BCUT2D eigenvalue weighted by molar-refractivity contribution is 6.03. The Balaban J connectivity index is 1.41. The highest BCUT2D eigenvalue weighted by Gasteiger charge is 2.46. The number of ketones is 1. The molecule has 7 amide bonds. The Morgan fingerprint density at radius 3 is 2.00 bits per heavy atom. The van der Waals surface area contributed by atoms with Gasteiger partial charge >= 0.3 is 6.18 Å². The molecule has 1 heterocycles. The van der Waals surface area contributed by atoms with E-state index >= 15 is 0 Å². The summed E-state index contributed by atoms with van der Waals surface area (Å²) >= 11 is 0. The van der Waals surface area contributed by atoms with Gasteiger partial charge in [-0.2, -0.15) is 13.2 Å². The summed E-state index contributed by atoms with van der Waals surface area (Å²) in [6.45, 7) is 4.15. The number of nitrogens with one attached hydrogen (secondary N) is 5. The fraction of sp³-hybridized carbons (Fsp3) is 0.622. The van der Waals surface area contributed by atoms with E-state index < -0.39 is 80.0 Å². The van der Waals surface area contributed by atoms with E-state index in [9.17, 15) is 51.5 Å². The summed E-state index contributed by atoms with van der Waals surface area (Å²) < 4.78 is 44.2. The number of benzene rings is 1. The largest absolute Gasteiger partial charge is 0.421 e. The molecule has 1 saturated carbocycles. The van der Waals surface area contributed by atoms with E-state index in [0.29, 0.717) is 37.8 Å². The van der Waals surface area contributed by atoms with Crippen LogP contribution < -0.4 is 26.6 Å². The van der Waals surface area contributed by atoms with Gasteiger partial charge in [0.1, 0.15) is 12.8 Å². The van der Waals surface area contributed by atoms with Crippen molar-refractivity contribution in [2.45, 2.75) is 84.5 Å². The van der Waals surface area contributed by atoms with Crippen LogP contribution in [0.15, 0.2) is 30.3 Å². The summed E-state index contributed by atoms with van der Waals surface area (Å²) in [7, 11) is 0. The van der Waals surface area contributed by atoms with E-state index in [1.807, 2.05) is 19.2 Å². The van der Waals surface area contributed by atoms with E-state index in [4.69, 9.17) is 0 Å². The van der Waals surface area contributed by atoms with Gasteiger partial charge in [-0.15, -0.1) is 0 Å². The molecule has 3 atom stereocenters. The second kappa shape index (κ2) is 20.7. The lowest BCUT2D eigenvalue weighted by molar-refractivity contribution is -0.220. The topological polar surface area (TPSA) is 209 Å². The maximum atomic E-state index is 13.2. The highest BCUT2D eigenvalue weighted by Crippen LogP contribution is 2.33. The molecule has 0 bridgehead atoms. The van der Waals surface area contributed by atoms with Gasteiger partial charge < -0.3 is 31.3 Å². The molecule has 18 heteroatoms. The monoisotopic (exact) mass is 780 g/mol. The lowest BCUT2D eigenvalue weighted by atomic mass is 9.81. The quantitative estimate of drug-likeness (QED) is 0.101. The smallest absolute Gasteiger partial charge is 0.347 e. The predicted molar refractivity (Wildman–Crippen MR) is 190 cm³/mol. The second-order valence-electron chi connectivity index (χ2n) is 14.5. The van der Waals surface area contributed by atoms with E-state index in [-0.39, 0.29) is 54.2 Å². The van der Waals surface area contributed by atoms with Crippen molar-refractivity contribution in [2.24, 2.45) is 29.6 Å². The minimum Gasteiger partial charge on any atom is -0.347 e. The number of hydrogen-bond donors (Lipinski definition) is 5. The van der Waals surface area contributed by atoms with Crippen molar-refractivity contribution in [3.8, 4) is 0 Å². The molecule has 2 unspecified atom stereocenters. The Kier molecular flexibility index (Phi) is 16.8. The molecule has 0 radical (unpaired) electrons. The van der Waals surface area contributed by atoms with Crippen molar-refractivity contribution < 1.29 is 56.3 Å². The average molecular weight is 781 g/mol. The summed E-state index contributed by atoms with van der Waals surface area (Å²) in [5.41, 5.74) is 0.646. The fourth-order valence-electron chi connectivity index (χ4n) is 6.34. The van der Waals surface area contributed by atoms with Crippen molar-refractivity contribution in [1.82, 2.24) is 31.5 Å². The van der Waals surface area contributed by atoms with Crippen molar-refractivity contribution >= 4 is 47.1 Å². The van der Waals surface area contributed by atoms with Crippen LogP contribution in [0.1, 0.15) is 65.4 Å². The third-order valence-electron chi connectivity index (χ3n) is 9.61. The van der Waals surface area contributed by atoms with Crippen LogP contribution in [0, 0.1) is 29.6 Å². The van der Waals surface area contributed by atoms with Crippen LogP contribution in [0.25, 0.3) is 0 Å². The van der Waals surface area contributed by atoms with Crippen LogP contribution in [0.2, 0.25) is 0 Å². The lowest BCUT2D eigenvalue weighted by Crippen LogP contribution is -2.52. The van der Waals surface area contributed by atoms with Crippen LogP contribution in [0.3, 0.4) is 0 Å². The van der Waals surface area contributed by atoms with Gasteiger partial charge in [-0.1, -0.05) is 58.0 Å². The molecule has 1 aromatic carbocycles. The minimum absolute atomic E-state index is 0.0108. The van der Waals surface area contributed by atoms with Crippen LogP contribution in [0.5, 0.6) is 0 Å². The van der Waals surface area contributed by atoms with E-state index in [1.54, 1.807) is 30.3 Å². The first-order valence-corrected chi connectivity index (χ1v) is 18.4. The molecule has 1 aliphatic heterocycles. The molecule has 55 heavy (non-hydrogen) atoms. The lowest BCUT2D eigenvalue weighted by Gasteiger charge is -2.30. The number of Topliss-reactive ketones (excluding diaryl/α,β-unsaturated/α-hetero) is 1. The summed E-state index contributed by atoms with van der Waals surface area (Å²) in [5.74, 6) is -6.41. The van der Waals surface area contributed by atoms with Crippen molar-refractivity contribution in [1.29, 1.82) is 0 Å². The van der Waals surface area contributed by atoms with Gasteiger partial charge in [0.15, 0.2) is 5.78 Å². The maximum absolute atomic E-state index is 13.2. The maximum Gasteiger partial charge on any atom is 0.421 e. The number of likely N-dealkylation sites (tertiary alicyclic amines) is 1. The van der Waals surface area contributed by atoms with Crippen LogP contribution in [-0.2, 0) is 49.5 Å². The SMILES string of the molecule is CC(C)C(=O)C(OCNC(=O)CNC(=O)[C@H](Cc1ccccc1)NC(=O)CNC(=O)CNC(=O)C1CCC(CN2C(=O)CC(C(C)C)C2=O)CC1)C(F)(F)F. The summed E-state index contributed by atoms with van der Waals surface area (Å²) in [4.78, 5) is 102. The molecular weight excluding hydrogens is 729 g/mol. The number of nitrogens with zero attached hydrogens (tertiary/aromatic N) is 1. The molecule has 3 rings (SSSR count). The molecule has 1 aromatic rings. The van der Waals surface area contributed by atoms with Crippen LogP contribution in [0.4, 0.5) is 13.2 Å². The van der Waals surface area contributed by atoms with Gasteiger partial charge in [0.05, 0.1) is 19.6 Å². The number of ether oxygens (including phenoxy) is 1. The molecule has 1 saturated heterocycles. The average Bonchev–Trinajstić information content (AvgIpc) is 3.42. The minimum atomic E-state index is -4.99. The van der Waals surface area contributed by atoms with Gasteiger partial charge in [0, 0.05) is 37.1 Å². The molecule has 0 aromatic heterocycles. The zero-order valence-corrected chi connectivity index (χ0v) is 31.5. The first-order valence-electron chi connectivity index (χ1n) is 18.4. The molecule has 2 aliphatic rings. The Hall–Kier alpha value is -4.87. The van der Waals surface area contributed by atoms with Crippen molar-refractivity contribution in [2.75, 3.05) is 32.9 Å². The van der Waals surface area contributed by atoms with E-state index in [2.05, 4.69) is 26.0 Å². The third-order valence-corrected chi connectivity index (χ3v) is 9.61. The fourth-order valence-corrected chi connectivity index (χ4v) is 6.34. The molecular formula is C37H51F3N6O9. The van der Waals surface area contributed by atoms with Gasteiger partial charge in [0.25, 0.3) is 0 Å². The second-order valence-corrected chi connectivity index (χ2v) is 14.5. The van der Waals surface area contributed by atoms with Crippen LogP contribution >= 0.6 is 0 Å². The van der Waals surface area contributed by atoms with Crippen LogP contribution in [-0.4, -0.2) is 103 Å². The number of halogens is 3. The number of carbonyl (C=O) groups excluding carboxylic acids is 8. The molecule has 5 N–H and O–H groups in total. The number of hydrogen-bond acceptors (Lipinski definition) is 9. The molecule has 0 spiro atoms. The first-order chi connectivity index (χ1) is 25.9. The van der Waals surface area contributed by atoms with Gasteiger partial charge in [-0.3, -0.25) is 43.3 Å². The summed E-state index contributed by atoms with van der Waals surface area (Å²) in [6.07, 6.45) is -5.15. The normalized spacial score (nSPS) is 19.8. The Bertz CT molecular complexity index is 1550. The number of amides is 7. The standard InChI is InChI=1S/C37H51F3N6O9/c1-21(2)26-15-31(50)46(36(26)54)19-24-10-12-25(13-11-24)34(52)42-16-28(47)41-18-30(49)45-27(14-23-8-6-5-7-9-23)35(53)43-17-29(48)44-20-55-33(37(38,39)40)32(51)22(3)4/h5-9,21-22,24-27,33H,10-20H2,1-4H3,(H,41,47)(H,42,52)(H,43,53)(H,44,48)(H,45,49)/t24?,25?,26?,27-,33?/m0/s1. The van der Waals surface area contributed by atoms with E-state index in [1.165, 1.54) is 18.7 Å². The van der Waals surface area contributed by atoms with Gasteiger partial charge in [-0.05, 0) is 43.1 Å². The van der Waals surface area contributed by atoms with E-state index in [0.717, 1.165) is 0 Å². The number of alkyl halides is 3. The Morgan fingerprint density at radius 1 is 0.818 bits per heavy atom. The molecule has 15 nitrogen and oxygen atoms in total. The number of carbonyl (C=O) groups is 8. The molecule has 2 fully saturated rings. The predicted octanol–water partition coefficient (Wildman–Crippen LogP) is 1.15. The summed E-state index contributed by atoms with van der Waals surface area (Å²) in [6, 6.07) is 7.32. The van der Waals surface area contributed by atoms with Crippen molar-refractivity contribution in [3.63, 3.8) is 0 Å². The summed E-state index contributed by atoms with van der Waals surface area (Å²) in [5, 5.41) is 11.8. The first kappa shape index (κ1) is 44.5. The molecule has 1 aliphatic carbocycles. The molecule has 304 valence electrons. The Morgan fingerprint density at radius 2 is 1.42 bits per heavy atom. The van der Waals surface area contributed by atoms with Gasteiger partial charge in [0.2, 0.25) is 47.5 Å². The zero-order valence-electron chi connectivity index (χ0n) is 31.5. The highest BCUT2D eigenvalue weighted by atomic mass is 19.4. The third kappa shape index (κ3) is 14.1. The zero-order chi connectivity index (χ0) is 40.9.